The Balaban J connectivity index is 2.14. The minimum absolute atomic E-state index is 0.234. The van der Waals surface area contributed by atoms with Crippen molar-refractivity contribution < 1.29 is 9.18 Å². The van der Waals surface area contributed by atoms with E-state index < -0.39 is 0 Å². The summed E-state index contributed by atoms with van der Waals surface area (Å²) in [7, 11) is 0. The van der Waals surface area contributed by atoms with Gasteiger partial charge in [0, 0.05) is 9.13 Å². The van der Waals surface area contributed by atoms with Crippen LogP contribution in [0.3, 0.4) is 0 Å². The fraction of sp³-hybridized carbons (Fsp3) is 0.188. The molecule has 0 aliphatic heterocycles. The van der Waals surface area contributed by atoms with Crippen LogP contribution in [0.4, 0.5) is 4.39 Å². The maximum atomic E-state index is 13.6. The SMILES string of the molecule is Cc1ccc(C(C)NC(=O)c2ccc(I)c(Cl)c2)cc1F. The maximum absolute atomic E-state index is 13.6. The molecule has 0 aliphatic rings. The highest BCUT2D eigenvalue weighted by molar-refractivity contribution is 14.1. The summed E-state index contributed by atoms with van der Waals surface area (Å²) in [6, 6.07) is 9.80. The molecule has 0 radical (unpaired) electrons. The normalized spacial score (nSPS) is 12.0. The summed E-state index contributed by atoms with van der Waals surface area (Å²) in [5.74, 6) is -0.507. The van der Waals surface area contributed by atoms with Crippen molar-refractivity contribution in [2.45, 2.75) is 19.9 Å². The van der Waals surface area contributed by atoms with E-state index in [2.05, 4.69) is 27.9 Å². The highest BCUT2D eigenvalue weighted by Crippen LogP contribution is 2.21. The summed E-state index contributed by atoms with van der Waals surface area (Å²) >= 11 is 8.11. The first-order valence-electron chi connectivity index (χ1n) is 6.40. The van der Waals surface area contributed by atoms with Crippen molar-refractivity contribution in [1.29, 1.82) is 0 Å². The highest BCUT2D eigenvalue weighted by Gasteiger charge is 2.13. The van der Waals surface area contributed by atoms with E-state index in [4.69, 9.17) is 11.6 Å². The van der Waals surface area contributed by atoms with Gasteiger partial charge in [-0.2, -0.15) is 0 Å². The van der Waals surface area contributed by atoms with Gasteiger partial charge in [-0.25, -0.2) is 4.39 Å². The summed E-state index contributed by atoms with van der Waals surface area (Å²) in [5.41, 5.74) is 1.80. The molecule has 2 nitrogen and oxygen atoms in total. The Labute approximate surface area is 141 Å². The molecule has 0 saturated carbocycles. The van der Waals surface area contributed by atoms with Crippen LogP contribution in [0.15, 0.2) is 36.4 Å². The fourth-order valence-electron chi connectivity index (χ4n) is 1.88. The summed E-state index contributed by atoms with van der Waals surface area (Å²) in [4.78, 5) is 12.2. The standard InChI is InChI=1S/C16H14ClFINO/c1-9-3-4-11(8-14(9)18)10(2)20-16(21)12-5-6-15(19)13(17)7-12/h3-8,10H,1-2H3,(H,20,21). The number of benzene rings is 2. The summed E-state index contributed by atoms with van der Waals surface area (Å²) in [6.45, 7) is 3.52. The molecule has 0 aromatic heterocycles. The second-order valence-corrected chi connectivity index (χ2v) is 6.40. The summed E-state index contributed by atoms with van der Waals surface area (Å²) in [6.07, 6.45) is 0. The monoisotopic (exact) mass is 417 g/mol. The largest absolute Gasteiger partial charge is 0.346 e. The Morgan fingerprint density at radius 1 is 1.29 bits per heavy atom. The molecule has 2 aromatic carbocycles. The molecule has 1 atom stereocenters. The van der Waals surface area contributed by atoms with E-state index in [-0.39, 0.29) is 17.8 Å². The number of halogens is 3. The first kappa shape index (κ1) is 16.2. The molecule has 0 saturated heterocycles. The molecule has 0 heterocycles. The van der Waals surface area contributed by atoms with Crippen molar-refractivity contribution in [3.8, 4) is 0 Å². The van der Waals surface area contributed by atoms with Gasteiger partial charge >= 0.3 is 0 Å². The van der Waals surface area contributed by atoms with Crippen LogP contribution in [-0.4, -0.2) is 5.91 Å². The van der Waals surface area contributed by atoms with Gasteiger partial charge < -0.3 is 5.32 Å². The van der Waals surface area contributed by atoms with Crippen molar-refractivity contribution in [1.82, 2.24) is 5.32 Å². The van der Waals surface area contributed by atoms with Gasteiger partial charge in [0.2, 0.25) is 0 Å². The molecule has 5 heteroatoms. The smallest absolute Gasteiger partial charge is 0.251 e. The molecule has 0 spiro atoms. The first-order chi connectivity index (χ1) is 9.88. The van der Waals surface area contributed by atoms with Crippen molar-refractivity contribution in [2.24, 2.45) is 0 Å². The topological polar surface area (TPSA) is 29.1 Å². The van der Waals surface area contributed by atoms with Crippen molar-refractivity contribution in [2.75, 3.05) is 0 Å². The Morgan fingerprint density at radius 3 is 2.62 bits per heavy atom. The second-order valence-electron chi connectivity index (χ2n) is 4.83. The van der Waals surface area contributed by atoms with Gasteiger partial charge in [-0.1, -0.05) is 23.7 Å². The Bertz CT molecular complexity index is 690. The number of hydrogen-bond acceptors (Lipinski definition) is 1. The van der Waals surface area contributed by atoms with Gasteiger partial charge in [-0.05, 0) is 71.8 Å². The van der Waals surface area contributed by atoms with E-state index in [1.54, 1.807) is 31.2 Å². The molecule has 0 fully saturated rings. The third-order valence-corrected chi connectivity index (χ3v) is 4.80. The third-order valence-electron chi connectivity index (χ3n) is 3.23. The number of aryl methyl sites for hydroxylation is 1. The number of carbonyl (C=O) groups excluding carboxylic acids is 1. The van der Waals surface area contributed by atoms with E-state index in [1.165, 1.54) is 6.07 Å². The average Bonchev–Trinajstić information content (AvgIpc) is 2.44. The molecule has 0 aliphatic carbocycles. The maximum Gasteiger partial charge on any atom is 0.251 e. The van der Waals surface area contributed by atoms with Gasteiger partial charge in [-0.3, -0.25) is 4.79 Å². The van der Waals surface area contributed by atoms with E-state index in [0.717, 1.165) is 9.13 Å². The minimum Gasteiger partial charge on any atom is -0.346 e. The van der Waals surface area contributed by atoms with Gasteiger partial charge in [-0.15, -0.1) is 0 Å². The first-order valence-corrected chi connectivity index (χ1v) is 7.86. The molecular formula is C16H14ClFINO. The van der Waals surface area contributed by atoms with E-state index in [0.29, 0.717) is 16.1 Å². The lowest BCUT2D eigenvalue weighted by atomic mass is 10.1. The molecule has 1 amide bonds. The van der Waals surface area contributed by atoms with Gasteiger partial charge in [0.25, 0.3) is 5.91 Å². The Kier molecular flexibility index (Phi) is 5.22. The van der Waals surface area contributed by atoms with Gasteiger partial charge in [0.05, 0.1) is 11.1 Å². The average molecular weight is 418 g/mol. The highest BCUT2D eigenvalue weighted by atomic mass is 127. The zero-order valence-corrected chi connectivity index (χ0v) is 14.5. The molecule has 2 rings (SSSR count). The Hall–Kier alpha value is -1.14. The fourth-order valence-corrected chi connectivity index (χ4v) is 2.40. The van der Waals surface area contributed by atoms with Crippen molar-refractivity contribution in [3.05, 3.63) is 67.5 Å². The van der Waals surface area contributed by atoms with Crippen LogP contribution in [-0.2, 0) is 0 Å². The zero-order valence-electron chi connectivity index (χ0n) is 11.6. The van der Waals surface area contributed by atoms with Crippen LogP contribution in [0.5, 0.6) is 0 Å². The van der Waals surface area contributed by atoms with Crippen LogP contribution in [0.2, 0.25) is 5.02 Å². The van der Waals surface area contributed by atoms with Gasteiger partial charge in [0.15, 0.2) is 0 Å². The predicted octanol–water partition coefficient (Wildman–Crippen LogP) is 4.88. The molecule has 110 valence electrons. The van der Waals surface area contributed by atoms with Crippen LogP contribution in [0, 0.1) is 16.3 Å². The molecule has 21 heavy (non-hydrogen) atoms. The van der Waals surface area contributed by atoms with Crippen LogP contribution in [0.25, 0.3) is 0 Å². The number of rotatable bonds is 3. The second kappa shape index (κ2) is 6.75. The molecule has 0 bridgehead atoms. The molecule has 2 aromatic rings. The minimum atomic E-state index is -0.286. The lowest BCUT2D eigenvalue weighted by molar-refractivity contribution is 0.0940. The number of amides is 1. The van der Waals surface area contributed by atoms with Crippen LogP contribution in [0.1, 0.15) is 34.5 Å². The quantitative estimate of drug-likeness (QED) is 0.708. The Morgan fingerprint density at radius 2 is 2.00 bits per heavy atom. The van der Waals surface area contributed by atoms with Crippen LogP contribution >= 0.6 is 34.2 Å². The van der Waals surface area contributed by atoms with Crippen molar-refractivity contribution in [3.63, 3.8) is 0 Å². The molecule has 1 N–H and O–H groups in total. The predicted molar refractivity (Wildman–Crippen MR) is 91.2 cm³/mol. The van der Waals surface area contributed by atoms with Gasteiger partial charge in [0.1, 0.15) is 5.82 Å². The number of hydrogen-bond donors (Lipinski definition) is 1. The molecular weight excluding hydrogens is 404 g/mol. The lowest BCUT2D eigenvalue weighted by Gasteiger charge is -2.15. The van der Waals surface area contributed by atoms with E-state index in [1.807, 2.05) is 13.0 Å². The van der Waals surface area contributed by atoms with Crippen molar-refractivity contribution >= 4 is 40.1 Å². The summed E-state index contributed by atoms with van der Waals surface area (Å²) in [5, 5.41) is 3.38. The number of carbonyl (C=O) groups is 1. The number of nitrogens with one attached hydrogen (secondary N) is 1. The zero-order chi connectivity index (χ0) is 15.6. The summed E-state index contributed by atoms with van der Waals surface area (Å²) < 4.78 is 14.5. The third kappa shape index (κ3) is 3.95. The van der Waals surface area contributed by atoms with Crippen LogP contribution < -0.4 is 5.32 Å². The lowest BCUT2D eigenvalue weighted by Crippen LogP contribution is -2.26. The van der Waals surface area contributed by atoms with E-state index >= 15 is 0 Å². The molecule has 1 unspecified atom stereocenters. The van der Waals surface area contributed by atoms with E-state index in [9.17, 15) is 9.18 Å².